The zero-order valence-corrected chi connectivity index (χ0v) is 22.9. The number of aromatic nitrogens is 3. The fraction of sp³-hybridized carbons (Fsp3) is 0.259. The van der Waals surface area contributed by atoms with Gasteiger partial charge in [-0.15, -0.1) is 21.5 Å². The number of benzene rings is 2. The Morgan fingerprint density at radius 3 is 2.38 bits per heavy atom. The summed E-state index contributed by atoms with van der Waals surface area (Å²) in [6, 6.07) is 17.8. The van der Waals surface area contributed by atoms with Crippen LogP contribution in [0.5, 0.6) is 0 Å². The normalized spacial score (nSPS) is 10.8. The molecule has 8 nitrogen and oxygen atoms in total. The van der Waals surface area contributed by atoms with Crippen LogP contribution in [0.2, 0.25) is 0 Å². The van der Waals surface area contributed by atoms with E-state index in [4.69, 9.17) is 4.74 Å². The predicted octanol–water partition coefficient (Wildman–Crippen LogP) is 5.57. The van der Waals surface area contributed by atoms with Gasteiger partial charge in [0.05, 0.1) is 12.9 Å². The number of amides is 1. The largest absolute Gasteiger partial charge is 0.465 e. The number of methoxy groups -OCH3 is 1. The lowest BCUT2D eigenvalue weighted by Crippen LogP contribution is -2.21. The van der Waals surface area contributed by atoms with Gasteiger partial charge >= 0.3 is 5.97 Å². The number of hydrogen-bond donors (Lipinski definition) is 1. The summed E-state index contributed by atoms with van der Waals surface area (Å²) in [5.74, 6) is 0.108. The Morgan fingerprint density at radius 1 is 1.03 bits per heavy atom. The van der Waals surface area contributed by atoms with Crippen molar-refractivity contribution in [2.75, 3.05) is 36.2 Å². The summed E-state index contributed by atoms with van der Waals surface area (Å²) in [6.45, 7) is 6.17. The molecule has 0 aliphatic rings. The number of thiophene rings is 1. The summed E-state index contributed by atoms with van der Waals surface area (Å²) in [7, 11) is 3.22. The van der Waals surface area contributed by atoms with E-state index >= 15 is 0 Å². The summed E-state index contributed by atoms with van der Waals surface area (Å²) >= 11 is 2.58. The number of hydrogen-bond acceptors (Lipinski definition) is 8. The number of rotatable bonds is 10. The molecule has 0 fully saturated rings. The lowest BCUT2D eigenvalue weighted by Gasteiger charge is -2.21. The Bertz CT molecular complexity index is 1360. The molecule has 4 rings (SSSR count). The number of carbonyl (C=O) groups excluding carboxylic acids is 2. The van der Waals surface area contributed by atoms with Crippen molar-refractivity contribution in [3.8, 4) is 22.5 Å². The third-order valence-electron chi connectivity index (χ3n) is 5.94. The molecular formula is C27H29N5O3S2. The maximum atomic E-state index is 12.8. The molecule has 2 heterocycles. The lowest BCUT2D eigenvalue weighted by atomic mass is 10.0. The van der Waals surface area contributed by atoms with Crippen LogP contribution in [0.1, 0.15) is 24.2 Å². The molecule has 1 N–H and O–H groups in total. The van der Waals surface area contributed by atoms with E-state index < -0.39 is 5.97 Å². The Morgan fingerprint density at radius 2 is 1.73 bits per heavy atom. The molecule has 0 spiro atoms. The molecule has 0 atom stereocenters. The van der Waals surface area contributed by atoms with Crippen LogP contribution in [0.3, 0.4) is 0 Å². The standard InChI is InChI=1S/C27H29N5O3S2/c1-5-32(6-2)20-14-12-19(13-15-20)24-29-30-27(31(24)3)37-17-22(33)28-25-23(26(34)35-4)21(16-36-25)18-10-8-7-9-11-18/h7-16H,5-6,17H2,1-4H3,(H,28,33). The topological polar surface area (TPSA) is 89.3 Å². The number of nitrogens with one attached hydrogen (secondary N) is 1. The average molecular weight is 536 g/mol. The van der Waals surface area contributed by atoms with Gasteiger partial charge in [-0.25, -0.2) is 4.79 Å². The molecule has 2 aromatic heterocycles. The molecule has 0 bridgehead atoms. The third kappa shape index (κ3) is 5.86. The van der Waals surface area contributed by atoms with Crippen molar-refractivity contribution >= 4 is 45.7 Å². The molecule has 0 saturated carbocycles. The highest BCUT2D eigenvalue weighted by Gasteiger charge is 2.22. The monoisotopic (exact) mass is 535 g/mol. The molecule has 0 radical (unpaired) electrons. The molecular weight excluding hydrogens is 506 g/mol. The van der Waals surface area contributed by atoms with Gasteiger partial charge < -0.3 is 19.5 Å². The maximum Gasteiger partial charge on any atom is 0.341 e. The highest BCUT2D eigenvalue weighted by molar-refractivity contribution is 7.99. The van der Waals surface area contributed by atoms with E-state index in [1.54, 1.807) is 0 Å². The van der Waals surface area contributed by atoms with Crippen LogP contribution in [-0.4, -0.2) is 52.6 Å². The first-order valence-electron chi connectivity index (χ1n) is 11.9. The predicted molar refractivity (Wildman–Crippen MR) is 150 cm³/mol. The van der Waals surface area contributed by atoms with Gasteiger partial charge in [0.1, 0.15) is 10.6 Å². The highest BCUT2D eigenvalue weighted by Crippen LogP contribution is 2.36. The van der Waals surface area contributed by atoms with Gasteiger partial charge in [-0.05, 0) is 43.7 Å². The Kier molecular flexibility index (Phi) is 8.62. The minimum absolute atomic E-state index is 0.117. The Balaban J connectivity index is 1.44. The first-order valence-corrected chi connectivity index (χ1v) is 13.8. The van der Waals surface area contributed by atoms with Gasteiger partial charge in [0.2, 0.25) is 5.91 Å². The van der Waals surface area contributed by atoms with E-state index in [1.807, 2.05) is 59.5 Å². The van der Waals surface area contributed by atoms with Gasteiger partial charge in [-0.3, -0.25) is 4.79 Å². The minimum Gasteiger partial charge on any atom is -0.465 e. The van der Waals surface area contributed by atoms with Gasteiger partial charge in [-0.2, -0.15) is 0 Å². The van der Waals surface area contributed by atoms with Gasteiger partial charge in [0, 0.05) is 42.3 Å². The Hall–Kier alpha value is -3.63. The second kappa shape index (κ2) is 12.1. The molecule has 4 aromatic rings. The molecule has 192 valence electrons. The second-order valence-corrected chi connectivity index (χ2v) is 9.95. The lowest BCUT2D eigenvalue weighted by molar-refractivity contribution is -0.113. The summed E-state index contributed by atoms with van der Waals surface area (Å²) in [5, 5.41) is 14.4. The van der Waals surface area contributed by atoms with Crippen molar-refractivity contribution in [2.45, 2.75) is 19.0 Å². The van der Waals surface area contributed by atoms with E-state index in [0.717, 1.165) is 41.3 Å². The molecule has 0 unspecified atom stereocenters. The highest BCUT2D eigenvalue weighted by atomic mass is 32.2. The molecule has 2 aromatic carbocycles. The zero-order chi connectivity index (χ0) is 26.4. The smallest absolute Gasteiger partial charge is 0.341 e. The first kappa shape index (κ1) is 26.4. The average Bonchev–Trinajstić information content (AvgIpc) is 3.51. The van der Waals surface area contributed by atoms with Crippen molar-refractivity contribution in [2.24, 2.45) is 7.05 Å². The summed E-state index contributed by atoms with van der Waals surface area (Å²) < 4.78 is 6.87. The number of carbonyl (C=O) groups is 2. The van der Waals surface area contributed by atoms with Crippen molar-refractivity contribution in [1.29, 1.82) is 0 Å². The van der Waals surface area contributed by atoms with Crippen LogP contribution in [-0.2, 0) is 16.6 Å². The SMILES string of the molecule is CCN(CC)c1ccc(-c2nnc(SCC(=O)Nc3scc(-c4ccccc4)c3C(=O)OC)n2C)cc1. The third-order valence-corrected chi connectivity index (χ3v) is 7.86. The van der Waals surface area contributed by atoms with E-state index in [1.165, 1.54) is 30.2 Å². The minimum atomic E-state index is -0.493. The molecule has 0 aliphatic heterocycles. The Labute approximate surface area is 224 Å². The van der Waals surface area contributed by atoms with Crippen molar-refractivity contribution in [1.82, 2.24) is 14.8 Å². The number of anilines is 2. The van der Waals surface area contributed by atoms with E-state index in [-0.39, 0.29) is 11.7 Å². The summed E-state index contributed by atoms with van der Waals surface area (Å²) in [6.07, 6.45) is 0. The van der Waals surface area contributed by atoms with Gasteiger partial charge in [0.25, 0.3) is 0 Å². The van der Waals surface area contributed by atoms with Gasteiger partial charge in [-0.1, -0.05) is 42.1 Å². The van der Waals surface area contributed by atoms with Crippen LogP contribution in [0.4, 0.5) is 10.7 Å². The van der Waals surface area contributed by atoms with Crippen LogP contribution in [0.15, 0.2) is 65.1 Å². The van der Waals surface area contributed by atoms with Crippen LogP contribution in [0.25, 0.3) is 22.5 Å². The van der Waals surface area contributed by atoms with E-state index in [2.05, 4.69) is 46.4 Å². The molecule has 0 aliphatic carbocycles. The molecule has 1 amide bonds. The molecule has 37 heavy (non-hydrogen) atoms. The summed E-state index contributed by atoms with van der Waals surface area (Å²) in [4.78, 5) is 27.6. The van der Waals surface area contributed by atoms with Crippen molar-refractivity contribution < 1.29 is 14.3 Å². The fourth-order valence-electron chi connectivity index (χ4n) is 3.98. The maximum absolute atomic E-state index is 12.8. The fourth-order valence-corrected chi connectivity index (χ4v) is 5.66. The number of thioether (sulfide) groups is 1. The van der Waals surface area contributed by atoms with Gasteiger partial charge in [0.15, 0.2) is 11.0 Å². The summed E-state index contributed by atoms with van der Waals surface area (Å²) in [5.41, 5.74) is 4.08. The first-order chi connectivity index (χ1) is 18.0. The van der Waals surface area contributed by atoms with E-state index in [9.17, 15) is 9.59 Å². The number of ether oxygens (including phenoxy) is 1. The number of nitrogens with zero attached hydrogens (tertiary/aromatic N) is 4. The van der Waals surface area contributed by atoms with Crippen LogP contribution < -0.4 is 10.2 Å². The molecule has 0 saturated heterocycles. The van der Waals surface area contributed by atoms with Crippen molar-refractivity contribution in [3.63, 3.8) is 0 Å². The second-order valence-electron chi connectivity index (χ2n) is 8.13. The quantitative estimate of drug-likeness (QED) is 0.210. The number of esters is 1. The van der Waals surface area contributed by atoms with E-state index in [0.29, 0.717) is 15.7 Å². The van der Waals surface area contributed by atoms with Crippen LogP contribution >= 0.6 is 23.1 Å². The zero-order valence-electron chi connectivity index (χ0n) is 21.2. The molecule has 10 heteroatoms. The van der Waals surface area contributed by atoms with Crippen LogP contribution in [0, 0.1) is 0 Å². The van der Waals surface area contributed by atoms with Crippen molar-refractivity contribution in [3.05, 3.63) is 65.5 Å².